The predicted octanol–water partition coefficient (Wildman–Crippen LogP) is 6.07. The maximum atomic E-state index is 12.2. The molecule has 0 unspecified atom stereocenters. The first kappa shape index (κ1) is 24.0. The van der Waals surface area contributed by atoms with Crippen LogP contribution in [0.1, 0.15) is 104 Å². The molecule has 1 aliphatic rings. The van der Waals surface area contributed by atoms with Gasteiger partial charge in [-0.25, -0.2) is 0 Å². The Kier molecular flexibility index (Phi) is 13.3. The molecule has 0 radical (unpaired) electrons. The van der Waals surface area contributed by atoms with Crippen molar-refractivity contribution < 1.29 is 19.1 Å². The van der Waals surface area contributed by atoms with Gasteiger partial charge in [-0.2, -0.15) is 0 Å². The minimum atomic E-state index is -0.0680. The van der Waals surface area contributed by atoms with E-state index in [2.05, 4.69) is 20.8 Å². The minimum Gasteiger partial charge on any atom is -0.465 e. The lowest BCUT2D eigenvalue weighted by Gasteiger charge is -2.26. The van der Waals surface area contributed by atoms with Gasteiger partial charge in [0.15, 0.2) is 0 Å². The highest BCUT2D eigenvalue weighted by Crippen LogP contribution is 2.30. The first-order chi connectivity index (χ1) is 13.0. The summed E-state index contributed by atoms with van der Waals surface area (Å²) in [5.74, 6) is 0.555. The second-order valence-corrected chi connectivity index (χ2v) is 8.54. The lowest BCUT2D eigenvalue weighted by atomic mass is 9.82. The van der Waals surface area contributed by atoms with Crippen LogP contribution in [0.25, 0.3) is 0 Å². The van der Waals surface area contributed by atoms with Gasteiger partial charge < -0.3 is 9.47 Å². The smallest absolute Gasteiger partial charge is 0.308 e. The van der Waals surface area contributed by atoms with Crippen molar-refractivity contribution in [3.8, 4) is 0 Å². The van der Waals surface area contributed by atoms with Crippen LogP contribution in [0.4, 0.5) is 0 Å². The summed E-state index contributed by atoms with van der Waals surface area (Å²) in [5, 5.41) is 0. The molecule has 4 heteroatoms. The van der Waals surface area contributed by atoms with Crippen LogP contribution in [0.15, 0.2) is 0 Å². The SMILES string of the molecule is CCCCCCCOC(=O)C1CCC(C(=O)OCCCCCC(C)C)CC1. The largest absolute Gasteiger partial charge is 0.465 e. The molecule has 1 rings (SSSR count). The molecule has 0 atom stereocenters. The molecule has 1 aliphatic carbocycles. The first-order valence-electron chi connectivity index (χ1n) is 11.4. The van der Waals surface area contributed by atoms with Crippen LogP contribution in [-0.2, 0) is 19.1 Å². The van der Waals surface area contributed by atoms with E-state index in [-0.39, 0.29) is 23.8 Å². The van der Waals surface area contributed by atoms with Gasteiger partial charge in [0, 0.05) is 0 Å². The second kappa shape index (κ2) is 14.9. The Morgan fingerprint density at radius 3 is 1.63 bits per heavy atom. The van der Waals surface area contributed by atoms with Gasteiger partial charge in [-0.1, -0.05) is 65.7 Å². The standard InChI is InChI=1S/C23H42O4/c1-4-5-6-7-10-17-26-22(24)20-13-15-21(16-14-20)23(25)27-18-11-8-9-12-19(2)3/h19-21H,4-18H2,1-3H3. The van der Waals surface area contributed by atoms with E-state index in [1.165, 1.54) is 32.1 Å². The first-order valence-corrected chi connectivity index (χ1v) is 11.4. The van der Waals surface area contributed by atoms with Gasteiger partial charge in [-0.05, 0) is 44.4 Å². The predicted molar refractivity (Wildman–Crippen MR) is 109 cm³/mol. The van der Waals surface area contributed by atoms with Crippen LogP contribution < -0.4 is 0 Å². The van der Waals surface area contributed by atoms with Crippen molar-refractivity contribution in [2.24, 2.45) is 17.8 Å². The molecule has 0 aromatic carbocycles. The van der Waals surface area contributed by atoms with Crippen molar-refractivity contribution in [1.82, 2.24) is 0 Å². The molecule has 27 heavy (non-hydrogen) atoms. The van der Waals surface area contributed by atoms with Gasteiger partial charge in [-0.3, -0.25) is 9.59 Å². The Labute approximate surface area is 166 Å². The summed E-state index contributed by atoms with van der Waals surface area (Å²) >= 11 is 0. The third-order valence-electron chi connectivity index (χ3n) is 5.56. The third-order valence-corrected chi connectivity index (χ3v) is 5.56. The van der Waals surface area contributed by atoms with Crippen molar-refractivity contribution in [2.45, 2.75) is 104 Å². The van der Waals surface area contributed by atoms with Gasteiger partial charge in [0.2, 0.25) is 0 Å². The monoisotopic (exact) mass is 382 g/mol. The van der Waals surface area contributed by atoms with Crippen molar-refractivity contribution in [2.75, 3.05) is 13.2 Å². The highest BCUT2D eigenvalue weighted by molar-refractivity contribution is 5.75. The number of unbranched alkanes of at least 4 members (excludes halogenated alkanes) is 6. The zero-order valence-corrected chi connectivity index (χ0v) is 18.0. The van der Waals surface area contributed by atoms with Crippen LogP contribution in [0, 0.1) is 17.8 Å². The van der Waals surface area contributed by atoms with Crippen LogP contribution >= 0.6 is 0 Å². The highest BCUT2D eigenvalue weighted by Gasteiger charge is 2.31. The van der Waals surface area contributed by atoms with Crippen molar-refractivity contribution >= 4 is 11.9 Å². The summed E-state index contributed by atoms with van der Waals surface area (Å²) in [5.41, 5.74) is 0. The summed E-state index contributed by atoms with van der Waals surface area (Å²) in [6.45, 7) is 7.75. The molecule has 1 saturated carbocycles. The zero-order chi connectivity index (χ0) is 19.9. The van der Waals surface area contributed by atoms with E-state index in [4.69, 9.17) is 9.47 Å². The topological polar surface area (TPSA) is 52.6 Å². The summed E-state index contributed by atoms with van der Waals surface area (Å²) < 4.78 is 10.9. The van der Waals surface area contributed by atoms with E-state index >= 15 is 0 Å². The number of carbonyl (C=O) groups excluding carboxylic acids is 2. The maximum Gasteiger partial charge on any atom is 0.308 e. The number of hydrogen-bond donors (Lipinski definition) is 0. The fourth-order valence-electron chi connectivity index (χ4n) is 3.68. The lowest BCUT2D eigenvalue weighted by molar-refractivity contribution is -0.155. The van der Waals surface area contributed by atoms with Crippen LogP contribution in [0.5, 0.6) is 0 Å². The van der Waals surface area contributed by atoms with Crippen molar-refractivity contribution in [1.29, 1.82) is 0 Å². The van der Waals surface area contributed by atoms with E-state index in [9.17, 15) is 9.59 Å². The average molecular weight is 383 g/mol. The van der Waals surface area contributed by atoms with Gasteiger partial charge in [-0.15, -0.1) is 0 Å². The lowest BCUT2D eigenvalue weighted by Crippen LogP contribution is -2.28. The quantitative estimate of drug-likeness (QED) is 0.270. The van der Waals surface area contributed by atoms with Crippen molar-refractivity contribution in [3.63, 3.8) is 0 Å². The molecule has 158 valence electrons. The molecule has 0 aromatic heterocycles. The van der Waals surface area contributed by atoms with Gasteiger partial charge in [0.05, 0.1) is 25.0 Å². The Morgan fingerprint density at radius 1 is 0.741 bits per heavy atom. The van der Waals surface area contributed by atoms with Crippen molar-refractivity contribution in [3.05, 3.63) is 0 Å². The molecule has 0 N–H and O–H groups in total. The van der Waals surface area contributed by atoms with Crippen LogP contribution in [0.2, 0.25) is 0 Å². The Morgan fingerprint density at radius 2 is 1.19 bits per heavy atom. The molecular formula is C23H42O4. The molecular weight excluding hydrogens is 340 g/mol. The Balaban J connectivity index is 2.07. The minimum absolute atomic E-state index is 0.0271. The molecule has 0 heterocycles. The van der Waals surface area contributed by atoms with E-state index in [1.807, 2.05) is 0 Å². The van der Waals surface area contributed by atoms with Gasteiger partial charge in [0.1, 0.15) is 0 Å². The van der Waals surface area contributed by atoms with E-state index in [0.717, 1.165) is 57.3 Å². The van der Waals surface area contributed by atoms with Gasteiger partial charge in [0.25, 0.3) is 0 Å². The number of esters is 2. The average Bonchev–Trinajstić information content (AvgIpc) is 2.66. The number of rotatable bonds is 14. The van der Waals surface area contributed by atoms with Gasteiger partial charge >= 0.3 is 11.9 Å². The summed E-state index contributed by atoms with van der Waals surface area (Å²) in [7, 11) is 0. The third kappa shape index (κ3) is 11.4. The fraction of sp³-hybridized carbons (Fsp3) is 0.913. The molecule has 0 bridgehead atoms. The normalized spacial score (nSPS) is 19.9. The second-order valence-electron chi connectivity index (χ2n) is 8.54. The number of hydrogen-bond acceptors (Lipinski definition) is 4. The highest BCUT2D eigenvalue weighted by atomic mass is 16.5. The van der Waals surface area contributed by atoms with E-state index in [1.54, 1.807) is 0 Å². The van der Waals surface area contributed by atoms with E-state index < -0.39 is 0 Å². The van der Waals surface area contributed by atoms with E-state index in [0.29, 0.717) is 13.2 Å². The Hall–Kier alpha value is -1.06. The van der Waals surface area contributed by atoms with Crippen LogP contribution in [-0.4, -0.2) is 25.2 Å². The summed E-state index contributed by atoms with van der Waals surface area (Å²) in [6.07, 6.45) is 13.3. The summed E-state index contributed by atoms with van der Waals surface area (Å²) in [4.78, 5) is 24.3. The molecule has 0 aliphatic heterocycles. The van der Waals surface area contributed by atoms with Crippen LogP contribution in [0.3, 0.4) is 0 Å². The molecule has 0 amide bonds. The number of carbonyl (C=O) groups is 2. The molecule has 0 aromatic rings. The fourth-order valence-corrected chi connectivity index (χ4v) is 3.68. The number of ether oxygens (including phenoxy) is 2. The maximum absolute atomic E-state index is 12.2. The molecule has 0 spiro atoms. The summed E-state index contributed by atoms with van der Waals surface area (Å²) in [6, 6.07) is 0. The molecule has 0 saturated heterocycles. The Bertz CT molecular complexity index is 397. The molecule has 1 fully saturated rings. The molecule has 4 nitrogen and oxygen atoms in total. The zero-order valence-electron chi connectivity index (χ0n) is 18.0.